The molecule has 120 valence electrons. The van der Waals surface area contributed by atoms with Crippen LogP contribution in [-0.2, 0) is 13.1 Å². The second-order valence-electron chi connectivity index (χ2n) is 5.66. The molecule has 0 aliphatic carbocycles. The Morgan fingerprint density at radius 2 is 1.96 bits per heavy atom. The van der Waals surface area contributed by atoms with Crippen molar-refractivity contribution in [2.75, 3.05) is 0 Å². The molecule has 0 fully saturated rings. The lowest BCUT2D eigenvalue weighted by Gasteiger charge is -2.06. The predicted octanol–water partition coefficient (Wildman–Crippen LogP) is 2.66. The molecule has 0 aliphatic rings. The van der Waals surface area contributed by atoms with E-state index in [1.165, 1.54) is 5.56 Å². The van der Waals surface area contributed by atoms with Crippen molar-refractivity contribution in [1.82, 2.24) is 24.3 Å². The lowest BCUT2D eigenvalue weighted by atomic mass is 10.1. The maximum absolute atomic E-state index is 11.8. The van der Waals surface area contributed by atoms with Gasteiger partial charge in [-0.25, -0.2) is 14.9 Å². The monoisotopic (exact) mass is 319 g/mol. The normalized spacial score (nSPS) is 11.2. The van der Waals surface area contributed by atoms with Gasteiger partial charge in [-0.05, 0) is 30.7 Å². The Kier molecular flexibility index (Phi) is 3.49. The van der Waals surface area contributed by atoms with E-state index >= 15 is 0 Å². The van der Waals surface area contributed by atoms with Crippen molar-refractivity contribution in [3.05, 3.63) is 70.9 Å². The van der Waals surface area contributed by atoms with Crippen molar-refractivity contribution >= 4 is 11.0 Å². The van der Waals surface area contributed by atoms with Gasteiger partial charge in [0.1, 0.15) is 0 Å². The molecular formula is C18H17N5O. The molecule has 2 aromatic heterocycles. The largest absolute Gasteiger partial charge is 0.343 e. The van der Waals surface area contributed by atoms with E-state index in [9.17, 15) is 4.79 Å². The summed E-state index contributed by atoms with van der Waals surface area (Å²) >= 11 is 0. The van der Waals surface area contributed by atoms with Crippen LogP contribution in [0.15, 0.2) is 59.7 Å². The first kappa shape index (κ1) is 14.4. The van der Waals surface area contributed by atoms with Crippen LogP contribution in [0.25, 0.3) is 22.4 Å². The third-order valence-electron chi connectivity index (χ3n) is 4.15. The Balaban J connectivity index is 1.80. The molecule has 0 aliphatic heterocycles. The first-order valence-electron chi connectivity index (χ1n) is 7.90. The fourth-order valence-corrected chi connectivity index (χ4v) is 2.93. The summed E-state index contributed by atoms with van der Waals surface area (Å²) in [6.07, 6.45) is 1.85. The summed E-state index contributed by atoms with van der Waals surface area (Å²) in [4.78, 5) is 16.3. The molecule has 6 heteroatoms. The van der Waals surface area contributed by atoms with Gasteiger partial charge in [0.25, 0.3) is 0 Å². The molecule has 4 aromatic rings. The molecule has 0 saturated heterocycles. The fourth-order valence-electron chi connectivity index (χ4n) is 2.93. The number of fused-ring (bicyclic) bond motifs is 1. The Hall–Kier alpha value is -3.15. The minimum atomic E-state index is -0.189. The molecule has 1 N–H and O–H groups in total. The molecule has 0 spiro atoms. The molecule has 6 nitrogen and oxygen atoms in total. The molecule has 2 heterocycles. The quantitative estimate of drug-likeness (QED) is 0.629. The average Bonchev–Trinajstić information content (AvgIpc) is 3.19. The van der Waals surface area contributed by atoms with E-state index in [1.807, 2.05) is 49.6 Å². The molecular weight excluding hydrogens is 302 g/mol. The van der Waals surface area contributed by atoms with Crippen LogP contribution in [0.2, 0.25) is 0 Å². The molecule has 4 rings (SSSR count). The van der Waals surface area contributed by atoms with E-state index in [-0.39, 0.29) is 5.69 Å². The third kappa shape index (κ3) is 2.42. The molecule has 0 atom stereocenters. The highest BCUT2D eigenvalue weighted by molar-refractivity contribution is 5.80. The first-order chi connectivity index (χ1) is 11.8. The molecule has 24 heavy (non-hydrogen) atoms. The van der Waals surface area contributed by atoms with Gasteiger partial charge in [-0.3, -0.25) is 4.57 Å². The molecule has 2 aromatic carbocycles. The summed E-state index contributed by atoms with van der Waals surface area (Å²) in [7, 11) is 0. The fraction of sp³-hybridized carbons (Fsp3) is 0.167. The van der Waals surface area contributed by atoms with Crippen molar-refractivity contribution in [3.8, 4) is 11.4 Å². The molecule has 0 saturated carbocycles. The van der Waals surface area contributed by atoms with E-state index in [2.05, 4.69) is 31.9 Å². The van der Waals surface area contributed by atoms with Crippen molar-refractivity contribution in [2.24, 2.45) is 0 Å². The Labute approximate surface area is 138 Å². The number of rotatable bonds is 4. The highest BCUT2D eigenvalue weighted by atomic mass is 16.1. The van der Waals surface area contributed by atoms with Gasteiger partial charge in [0.15, 0.2) is 5.82 Å². The summed E-state index contributed by atoms with van der Waals surface area (Å²) in [5.74, 6) is 0.650. The second kappa shape index (κ2) is 5.81. The van der Waals surface area contributed by atoms with Gasteiger partial charge in [0.05, 0.1) is 17.4 Å². The third-order valence-corrected chi connectivity index (χ3v) is 4.15. The van der Waals surface area contributed by atoms with E-state index in [0.717, 1.165) is 23.1 Å². The number of aromatic nitrogens is 5. The SMILES string of the molecule is CCn1c(-c2ccc3ncn(Cc4ccccc4)c3c2)n[nH]c1=O. The van der Waals surface area contributed by atoms with Crippen LogP contribution in [0.5, 0.6) is 0 Å². The molecule has 0 bridgehead atoms. The maximum Gasteiger partial charge on any atom is 0.343 e. The van der Waals surface area contributed by atoms with Crippen LogP contribution in [0.1, 0.15) is 12.5 Å². The minimum Gasteiger partial charge on any atom is -0.326 e. The zero-order valence-corrected chi connectivity index (χ0v) is 13.3. The van der Waals surface area contributed by atoms with Crippen molar-refractivity contribution in [1.29, 1.82) is 0 Å². The van der Waals surface area contributed by atoms with E-state index in [1.54, 1.807) is 4.57 Å². The number of H-pyrrole nitrogens is 1. The highest BCUT2D eigenvalue weighted by Crippen LogP contribution is 2.22. The maximum atomic E-state index is 11.8. The number of aromatic amines is 1. The number of hydrogen-bond donors (Lipinski definition) is 1. The van der Waals surface area contributed by atoms with Gasteiger partial charge < -0.3 is 4.57 Å². The zero-order valence-electron chi connectivity index (χ0n) is 13.3. The van der Waals surface area contributed by atoms with Crippen molar-refractivity contribution < 1.29 is 0 Å². The van der Waals surface area contributed by atoms with Gasteiger partial charge >= 0.3 is 5.69 Å². The smallest absolute Gasteiger partial charge is 0.326 e. The minimum absolute atomic E-state index is 0.189. The highest BCUT2D eigenvalue weighted by Gasteiger charge is 2.11. The van der Waals surface area contributed by atoms with Crippen LogP contribution < -0.4 is 5.69 Å². The summed E-state index contributed by atoms with van der Waals surface area (Å²) in [6, 6.07) is 16.2. The zero-order chi connectivity index (χ0) is 16.5. The van der Waals surface area contributed by atoms with Crippen LogP contribution in [-0.4, -0.2) is 24.3 Å². The van der Waals surface area contributed by atoms with Crippen molar-refractivity contribution in [3.63, 3.8) is 0 Å². The summed E-state index contributed by atoms with van der Waals surface area (Å²) in [5.41, 5.74) is 3.88. The van der Waals surface area contributed by atoms with Gasteiger partial charge in [-0.15, -0.1) is 0 Å². The van der Waals surface area contributed by atoms with Crippen LogP contribution in [0, 0.1) is 0 Å². The predicted molar refractivity (Wildman–Crippen MR) is 92.8 cm³/mol. The van der Waals surface area contributed by atoms with Crippen LogP contribution >= 0.6 is 0 Å². The van der Waals surface area contributed by atoms with Crippen LogP contribution in [0.3, 0.4) is 0 Å². The van der Waals surface area contributed by atoms with Gasteiger partial charge in [-0.2, -0.15) is 5.10 Å². The van der Waals surface area contributed by atoms with E-state index in [4.69, 9.17) is 0 Å². The lowest BCUT2D eigenvalue weighted by Crippen LogP contribution is -2.16. The number of nitrogens with one attached hydrogen (secondary N) is 1. The summed E-state index contributed by atoms with van der Waals surface area (Å²) < 4.78 is 3.73. The van der Waals surface area contributed by atoms with E-state index in [0.29, 0.717) is 12.4 Å². The number of benzene rings is 2. The average molecular weight is 319 g/mol. The molecule has 0 unspecified atom stereocenters. The van der Waals surface area contributed by atoms with Gasteiger partial charge in [-0.1, -0.05) is 30.3 Å². The Morgan fingerprint density at radius 3 is 2.75 bits per heavy atom. The number of imidazole rings is 1. The number of nitrogens with zero attached hydrogens (tertiary/aromatic N) is 4. The van der Waals surface area contributed by atoms with E-state index < -0.39 is 0 Å². The summed E-state index contributed by atoms with van der Waals surface area (Å²) in [6.45, 7) is 3.26. The summed E-state index contributed by atoms with van der Waals surface area (Å²) in [5, 5.41) is 6.68. The standard InChI is InChI=1S/C18H17N5O/c1-2-23-17(20-21-18(23)24)14-8-9-15-16(10-14)22(12-19-15)11-13-6-4-3-5-7-13/h3-10,12H,2,11H2,1H3,(H,21,24). The topological polar surface area (TPSA) is 68.5 Å². The number of hydrogen-bond acceptors (Lipinski definition) is 3. The Bertz CT molecular complexity index is 1040. The molecule has 0 radical (unpaired) electrons. The lowest BCUT2D eigenvalue weighted by molar-refractivity contribution is 0.736. The van der Waals surface area contributed by atoms with Crippen LogP contribution in [0.4, 0.5) is 0 Å². The molecule has 0 amide bonds. The van der Waals surface area contributed by atoms with Gasteiger partial charge in [0, 0.05) is 18.7 Å². The first-order valence-corrected chi connectivity index (χ1v) is 7.90. The van der Waals surface area contributed by atoms with Crippen molar-refractivity contribution in [2.45, 2.75) is 20.0 Å². The van der Waals surface area contributed by atoms with Gasteiger partial charge in [0.2, 0.25) is 0 Å². The second-order valence-corrected chi connectivity index (χ2v) is 5.66. The Morgan fingerprint density at radius 1 is 1.12 bits per heavy atom.